The molecule has 6 rings (SSSR count). The molecule has 0 bridgehead atoms. The van der Waals surface area contributed by atoms with Gasteiger partial charge in [0.25, 0.3) is 0 Å². The highest BCUT2D eigenvalue weighted by Crippen LogP contribution is 2.44. The maximum Gasteiger partial charge on any atom is 0.231 e. The van der Waals surface area contributed by atoms with E-state index in [1.807, 2.05) is 25.1 Å². The van der Waals surface area contributed by atoms with Crippen molar-refractivity contribution in [1.82, 2.24) is 4.90 Å². The van der Waals surface area contributed by atoms with Crippen LogP contribution in [0.4, 0.5) is 0 Å². The van der Waals surface area contributed by atoms with Crippen molar-refractivity contribution in [2.45, 2.75) is 26.5 Å². The number of hydrogen-bond donors (Lipinski definition) is 0. The molecular weight excluding hydrogens is 537 g/mol. The Morgan fingerprint density at radius 1 is 0.973 bits per heavy atom. The lowest BCUT2D eigenvalue weighted by Crippen LogP contribution is -2.34. The molecule has 0 fully saturated rings. The summed E-state index contributed by atoms with van der Waals surface area (Å²) in [5.74, 6) is 1.96. The topological polar surface area (TPSA) is 57.2 Å². The summed E-state index contributed by atoms with van der Waals surface area (Å²) in [5.41, 5.74) is 4.81. The summed E-state index contributed by atoms with van der Waals surface area (Å²) in [6.45, 7) is 4.28. The van der Waals surface area contributed by atoms with Gasteiger partial charge < -0.3 is 18.9 Å². The van der Waals surface area contributed by atoms with Gasteiger partial charge >= 0.3 is 0 Å². The van der Waals surface area contributed by atoms with E-state index in [0.29, 0.717) is 57.6 Å². The fourth-order valence-corrected chi connectivity index (χ4v) is 5.65. The second kappa shape index (κ2) is 9.86. The van der Waals surface area contributed by atoms with Gasteiger partial charge in [0.05, 0.1) is 12.2 Å². The summed E-state index contributed by atoms with van der Waals surface area (Å²) in [7, 11) is 0. The van der Waals surface area contributed by atoms with Gasteiger partial charge in [0, 0.05) is 50.4 Å². The minimum atomic E-state index is -0.188. The summed E-state index contributed by atoms with van der Waals surface area (Å²) in [6.07, 6.45) is 2.43. The van der Waals surface area contributed by atoms with Crippen LogP contribution in [0.2, 0.25) is 15.1 Å². The molecule has 0 N–H and O–H groups in total. The van der Waals surface area contributed by atoms with E-state index < -0.39 is 0 Å². The molecule has 0 radical (unpaired) electrons. The molecule has 0 saturated heterocycles. The SMILES string of the molecule is Cc1c2c(cc3c1O/C(=C\c1cc(Cl)cc4c1OCOC4)C3=O)CN(CCc1ccc(Cl)cc1Cl)CO2. The number of ether oxygens (including phenoxy) is 4. The first-order chi connectivity index (χ1) is 17.9. The van der Waals surface area contributed by atoms with Crippen LogP contribution in [-0.4, -0.2) is 30.8 Å². The molecule has 3 heterocycles. The third-order valence-corrected chi connectivity index (χ3v) is 7.51. The molecule has 37 heavy (non-hydrogen) atoms. The van der Waals surface area contributed by atoms with Crippen molar-refractivity contribution < 1.29 is 23.7 Å². The normalized spacial score (nSPS) is 17.5. The van der Waals surface area contributed by atoms with Gasteiger partial charge in [-0.1, -0.05) is 40.9 Å². The first-order valence-corrected chi connectivity index (χ1v) is 12.9. The monoisotopic (exact) mass is 557 g/mol. The number of ketones is 1. The highest BCUT2D eigenvalue weighted by Gasteiger charge is 2.34. The van der Waals surface area contributed by atoms with Crippen LogP contribution in [0.25, 0.3) is 6.08 Å². The minimum Gasteiger partial charge on any atom is -0.477 e. The molecule has 0 aromatic heterocycles. The Morgan fingerprint density at radius 3 is 2.68 bits per heavy atom. The minimum absolute atomic E-state index is 0.143. The zero-order chi connectivity index (χ0) is 25.7. The largest absolute Gasteiger partial charge is 0.477 e. The molecule has 3 aromatic rings. The average molecular weight is 559 g/mol. The molecular formula is C28H22Cl3NO5. The third kappa shape index (κ3) is 4.69. The van der Waals surface area contributed by atoms with Crippen molar-refractivity contribution in [3.8, 4) is 17.2 Å². The lowest BCUT2D eigenvalue weighted by atomic mass is 9.99. The molecule has 0 amide bonds. The number of fused-ring (bicyclic) bond motifs is 3. The maximum atomic E-state index is 13.4. The Balaban J connectivity index is 1.25. The van der Waals surface area contributed by atoms with E-state index in [-0.39, 0.29) is 18.3 Å². The zero-order valence-electron chi connectivity index (χ0n) is 19.9. The highest BCUT2D eigenvalue weighted by atomic mass is 35.5. The van der Waals surface area contributed by atoms with Crippen LogP contribution in [0.3, 0.4) is 0 Å². The van der Waals surface area contributed by atoms with Crippen molar-refractivity contribution in [1.29, 1.82) is 0 Å². The maximum absolute atomic E-state index is 13.4. The van der Waals surface area contributed by atoms with Crippen molar-refractivity contribution in [2.75, 3.05) is 20.1 Å². The van der Waals surface area contributed by atoms with Crippen LogP contribution in [0.15, 0.2) is 42.2 Å². The average Bonchev–Trinajstić information content (AvgIpc) is 3.18. The Hall–Kier alpha value is -2.74. The fourth-order valence-electron chi connectivity index (χ4n) is 4.90. The molecule has 9 heteroatoms. The van der Waals surface area contributed by atoms with E-state index in [1.165, 1.54) is 0 Å². The van der Waals surface area contributed by atoms with Crippen molar-refractivity contribution in [3.05, 3.63) is 90.6 Å². The van der Waals surface area contributed by atoms with Crippen LogP contribution in [0.5, 0.6) is 17.2 Å². The number of halogens is 3. The first-order valence-electron chi connectivity index (χ1n) is 11.8. The number of carbonyl (C=O) groups is 1. The fraction of sp³-hybridized carbons (Fsp3) is 0.250. The number of benzene rings is 3. The molecule has 6 nitrogen and oxygen atoms in total. The predicted octanol–water partition coefficient (Wildman–Crippen LogP) is 6.83. The van der Waals surface area contributed by atoms with E-state index in [1.54, 1.807) is 24.3 Å². The molecule has 0 saturated carbocycles. The van der Waals surface area contributed by atoms with Gasteiger partial charge in [-0.15, -0.1) is 0 Å². The van der Waals surface area contributed by atoms with E-state index >= 15 is 0 Å². The number of carbonyl (C=O) groups excluding carboxylic acids is 1. The lowest BCUT2D eigenvalue weighted by Gasteiger charge is -2.30. The van der Waals surface area contributed by atoms with Gasteiger partial charge in [0.1, 0.15) is 24.0 Å². The summed E-state index contributed by atoms with van der Waals surface area (Å²) < 4.78 is 23.2. The van der Waals surface area contributed by atoms with Crippen LogP contribution in [-0.2, 0) is 24.3 Å². The number of rotatable bonds is 4. The second-order valence-electron chi connectivity index (χ2n) is 9.21. The summed E-state index contributed by atoms with van der Waals surface area (Å²) in [6, 6.07) is 11.0. The van der Waals surface area contributed by atoms with Crippen LogP contribution < -0.4 is 14.2 Å². The van der Waals surface area contributed by atoms with Gasteiger partial charge in [0.2, 0.25) is 5.78 Å². The molecule has 3 aliphatic rings. The Morgan fingerprint density at radius 2 is 1.84 bits per heavy atom. The standard InChI is InChI=1S/C28H22Cl3NO5/c1-15-26-18(11-32(13-35-26)5-4-16-2-3-20(29)10-23(16)31)8-22-25(33)24(37-27(15)22)9-17-6-21(30)7-19-12-34-14-36-28(17)19/h2-3,6-10H,4-5,11-14H2,1H3/b24-9-. The molecule has 3 aliphatic heterocycles. The molecule has 0 atom stereocenters. The Labute approximate surface area is 229 Å². The third-order valence-electron chi connectivity index (χ3n) is 6.70. The van der Waals surface area contributed by atoms with Gasteiger partial charge in [-0.2, -0.15) is 0 Å². The molecule has 3 aromatic carbocycles. The molecule has 0 aliphatic carbocycles. The van der Waals surface area contributed by atoms with Gasteiger partial charge in [0.15, 0.2) is 12.6 Å². The zero-order valence-corrected chi connectivity index (χ0v) is 22.2. The number of nitrogens with zero attached hydrogens (tertiary/aromatic N) is 1. The Bertz CT molecular complexity index is 1470. The highest BCUT2D eigenvalue weighted by molar-refractivity contribution is 6.35. The predicted molar refractivity (Wildman–Crippen MR) is 142 cm³/mol. The molecule has 0 unspecified atom stereocenters. The smallest absolute Gasteiger partial charge is 0.231 e. The molecule has 0 spiro atoms. The second-order valence-corrected chi connectivity index (χ2v) is 10.5. The summed E-state index contributed by atoms with van der Waals surface area (Å²) in [5, 5.41) is 1.80. The number of hydrogen-bond acceptors (Lipinski definition) is 6. The van der Waals surface area contributed by atoms with Crippen LogP contribution >= 0.6 is 34.8 Å². The quantitative estimate of drug-likeness (QED) is 0.327. The van der Waals surface area contributed by atoms with Gasteiger partial charge in [-0.25, -0.2) is 0 Å². The summed E-state index contributed by atoms with van der Waals surface area (Å²) >= 11 is 18.6. The summed E-state index contributed by atoms with van der Waals surface area (Å²) in [4.78, 5) is 15.6. The van der Waals surface area contributed by atoms with E-state index in [2.05, 4.69) is 4.90 Å². The van der Waals surface area contributed by atoms with E-state index in [0.717, 1.165) is 41.0 Å². The van der Waals surface area contributed by atoms with Gasteiger partial charge in [-0.3, -0.25) is 9.69 Å². The van der Waals surface area contributed by atoms with Crippen molar-refractivity contribution >= 4 is 46.7 Å². The molecule has 190 valence electrons. The van der Waals surface area contributed by atoms with E-state index in [9.17, 15) is 4.79 Å². The Kier molecular flexibility index (Phi) is 6.55. The van der Waals surface area contributed by atoms with Gasteiger partial charge in [-0.05, 0) is 55.3 Å². The van der Waals surface area contributed by atoms with E-state index in [4.69, 9.17) is 53.8 Å². The van der Waals surface area contributed by atoms with Crippen LogP contribution in [0.1, 0.15) is 38.2 Å². The van der Waals surface area contributed by atoms with Crippen LogP contribution in [0, 0.1) is 6.92 Å². The lowest BCUT2D eigenvalue weighted by molar-refractivity contribution is -0.0165. The number of Topliss-reactive ketones (excluding diaryl/α,β-unsaturated/α-hetero) is 1. The van der Waals surface area contributed by atoms with Crippen molar-refractivity contribution in [2.24, 2.45) is 0 Å². The number of allylic oxidation sites excluding steroid dienone is 1. The van der Waals surface area contributed by atoms with Crippen molar-refractivity contribution in [3.63, 3.8) is 0 Å². The first kappa shape index (κ1) is 24.6.